The standard InChI is InChI=1S/C15H30O5/c1-5-7-9-18-11-12-13(19-10-8-6-2)15(3,16)14(17-4)20-12/h12-14,16H,5-11H2,1-4H3/t12?,13?,14?,15-/m1/s1. The molecule has 1 rings (SSSR count). The van der Waals surface area contributed by atoms with E-state index in [9.17, 15) is 5.11 Å². The second-order valence-electron chi connectivity index (χ2n) is 5.54. The van der Waals surface area contributed by atoms with Crippen molar-refractivity contribution in [3.05, 3.63) is 0 Å². The predicted molar refractivity (Wildman–Crippen MR) is 76.7 cm³/mol. The zero-order valence-corrected chi connectivity index (χ0v) is 13.3. The maximum absolute atomic E-state index is 10.6. The molecule has 0 spiro atoms. The summed E-state index contributed by atoms with van der Waals surface area (Å²) in [5, 5.41) is 10.6. The molecule has 0 aromatic rings. The van der Waals surface area contributed by atoms with Gasteiger partial charge in [0.1, 0.15) is 17.8 Å². The van der Waals surface area contributed by atoms with Crippen molar-refractivity contribution in [2.75, 3.05) is 26.9 Å². The Morgan fingerprint density at radius 1 is 1.15 bits per heavy atom. The Kier molecular flexibility index (Phi) is 7.99. The SMILES string of the molecule is CCCCOCC1OC(OC)[C@](C)(O)C1OCCCC. The molecule has 4 atom stereocenters. The Bertz CT molecular complexity index is 257. The third kappa shape index (κ3) is 4.67. The van der Waals surface area contributed by atoms with Gasteiger partial charge >= 0.3 is 0 Å². The van der Waals surface area contributed by atoms with E-state index >= 15 is 0 Å². The molecule has 1 aliphatic rings. The van der Waals surface area contributed by atoms with Gasteiger partial charge < -0.3 is 24.1 Å². The van der Waals surface area contributed by atoms with Crippen molar-refractivity contribution in [1.29, 1.82) is 0 Å². The maximum atomic E-state index is 10.6. The molecule has 0 aromatic heterocycles. The summed E-state index contributed by atoms with van der Waals surface area (Å²) in [5.41, 5.74) is -1.15. The summed E-state index contributed by atoms with van der Waals surface area (Å²) in [7, 11) is 1.53. The molecule has 1 aliphatic heterocycles. The van der Waals surface area contributed by atoms with Crippen molar-refractivity contribution in [2.45, 2.75) is 70.6 Å². The third-order valence-corrected chi connectivity index (χ3v) is 3.62. The Labute approximate surface area is 122 Å². The van der Waals surface area contributed by atoms with Crippen LogP contribution in [-0.2, 0) is 18.9 Å². The largest absolute Gasteiger partial charge is 0.382 e. The summed E-state index contributed by atoms with van der Waals surface area (Å²) in [4.78, 5) is 0. The average molecular weight is 290 g/mol. The second-order valence-corrected chi connectivity index (χ2v) is 5.54. The molecular weight excluding hydrogens is 260 g/mol. The van der Waals surface area contributed by atoms with Crippen LogP contribution in [0, 0.1) is 0 Å². The molecular formula is C15H30O5. The second kappa shape index (κ2) is 8.95. The van der Waals surface area contributed by atoms with E-state index in [0.717, 1.165) is 25.7 Å². The number of hydrogen-bond donors (Lipinski definition) is 1. The first-order valence-electron chi connectivity index (χ1n) is 7.67. The highest BCUT2D eigenvalue weighted by molar-refractivity contribution is 4.98. The molecule has 0 bridgehead atoms. The first kappa shape index (κ1) is 17.9. The molecule has 0 amide bonds. The van der Waals surface area contributed by atoms with Crippen LogP contribution in [0.2, 0.25) is 0 Å². The first-order valence-corrected chi connectivity index (χ1v) is 7.67. The summed E-state index contributed by atoms with van der Waals surface area (Å²) < 4.78 is 22.4. The van der Waals surface area contributed by atoms with E-state index in [2.05, 4.69) is 13.8 Å². The van der Waals surface area contributed by atoms with Crippen LogP contribution in [0.15, 0.2) is 0 Å². The maximum Gasteiger partial charge on any atom is 0.188 e. The summed E-state index contributed by atoms with van der Waals surface area (Å²) >= 11 is 0. The molecule has 1 saturated heterocycles. The molecule has 0 aromatic carbocycles. The molecule has 1 heterocycles. The van der Waals surface area contributed by atoms with E-state index in [1.165, 1.54) is 7.11 Å². The minimum atomic E-state index is -1.15. The van der Waals surface area contributed by atoms with E-state index < -0.39 is 18.0 Å². The molecule has 5 heteroatoms. The quantitative estimate of drug-likeness (QED) is 0.625. The van der Waals surface area contributed by atoms with Gasteiger partial charge in [-0.1, -0.05) is 26.7 Å². The fourth-order valence-electron chi connectivity index (χ4n) is 2.38. The fourth-order valence-corrected chi connectivity index (χ4v) is 2.38. The van der Waals surface area contributed by atoms with Crippen LogP contribution in [0.3, 0.4) is 0 Å². The van der Waals surface area contributed by atoms with E-state index in [-0.39, 0.29) is 6.10 Å². The van der Waals surface area contributed by atoms with E-state index in [0.29, 0.717) is 19.8 Å². The van der Waals surface area contributed by atoms with E-state index in [1.807, 2.05) is 0 Å². The van der Waals surface area contributed by atoms with Crippen molar-refractivity contribution in [1.82, 2.24) is 0 Å². The van der Waals surface area contributed by atoms with Gasteiger partial charge in [-0.3, -0.25) is 0 Å². The average Bonchev–Trinajstić information content (AvgIpc) is 2.66. The molecule has 1 N–H and O–H groups in total. The van der Waals surface area contributed by atoms with Crippen LogP contribution >= 0.6 is 0 Å². The summed E-state index contributed by atoms with van der Waals surface area (Å²) in [6.45, 7) is 7.67. The predicted octanol–water partition coefficient (Wildman–Crippen LogP) is 2.11. The van der Waals surface area contributed by atoms with Gasteiger partial charge in [-0.05, 0) is 19.8 Å². The van der Waals surface area contributed by atoms with E-state index in [4.69, 9.17) is 18.9 Å². The Morgan fingerprint density at radius 3 is 2.40 bits per heavy atom. The van der Waals surface area contributed by atoms with Crippen molar-refractivity contribution in [2.24, 2.45) is 0 Å². The van der Waals surface area contributed by atoms with Gasteiger partial charge in [0.2, 0.25) is 0 Å². The van der Waals surface area contributed by atoms with Gasteiger partial charge in [-0.25, -0.2) is 0 Å². The smallest absolute Gasteiger partial charge is 0.188 e. The Hall–Kier alpha value is -0.200. The van der Waals surface area contributed by atoms with Crippen molar-refractivity contribution in [3.8, 4) is 0 Å². The van der Waals surface area contributed by atoms with Crippen LogP contribution in [0.4, 0.5) is 0 Å². The van der Waals surface area contributed by atoms with Gasteiger partial charge in [0, 0.05) is 20.3 Å². The lowest BCUT2D eigenvalue weighted by atomic mass is 9.97. The van der Waals surface area contributed by atoms with Crippen LogP contribution in [0.1, 0.15) is 46.5 Å². The lowest BCUT2D eigenvalue weighted by Crippen LogP contribution is -2.48. The lowest BCUT2D eigenvalue weighted by Gasteiger charge is -2.29. The highest BCUT2D eigenvalue weighted by Crippen LogP contribution is 2.34. The highest BCUT2D eigenvalue weighted by atomic mass is 16.7. The summed E-state index contributed by atoms with van der Waals surface area (Å²) in [6.07, 6.45) is 2.77. The molecule has 3 unspecified atom stereocenters. The molecule has 120 valence electrons. The topological polar surface area (TPSA) is 57.2 Å². The molecule has 0 saturated carbocycles. The van der Waals surface area contributed by atoms with Gasteiger partial charge in [0.05, 0.1) is 6.61 Å². The number of methoxy groups -OCH3 is 1. The molecule has 20 heavy (non-hydrogen) atoms. The number of unbranched alkanes of at least 4 members (excludes halogenated alkanes) is 2. The minimum absolute atomic E-state index is 0.288. The molecule has 5 nitrogen and oxygen atoms in total. The summed E-state index contributed by atoms with van der Waals surface area (Å²) in [5.74, 6) is 0. The number of rotatable bonds is 10. The third-order valence-electron chi connectivity index (χ3n) is 3.62. The zero-order chi connectivity index (χ0) is 15.0. The van der Waals surface area contributed by atoms with Gasteiger partial charge in [0.15, 0.2) is 6.29 Å². The zero-order valence-electron chi connectivity index (χ0n) is 13.3. The highest BCUT2D eigenvalue weighted by Gasteiger charge is 2.54. The Balaban J connectivity index is 2.54. The van der Waals surface area contributed by atoms with Crippen LogP contribution in [0.5, 0.6) is 0 Å². The van der Waals surface area contributed by atoms with Crippen molar-refractivity contribution in [3.63, 3.8) is 0 Å². The van der Waals surface area contributed by atoms with Crippen LogP contribution < -0.4 is 0 Å². The van der Waals surface area contributed by atoms with E-state index in [1.54, 1.807) is 6.92 Å². The monoisotopic (exact) mass is 290 g/mol. The van der Waals surface area contributed by atoms with Crippen molar-refractivity contribution >= 4 is 0 Å². The number of hydrogen-bond acceptors (Lipinski definition) is 5. The molecule has 1 fully saturated rings. The number of aliphatic hydroxyl groups is 1. The normalized spacial score (nSPS) is 33.8. The minimum Gasteiger partial charge on any atom is -0.382 e. The molecule has 0 radical (unpaired) electrons. The fraction of sp³-hybridized carbons (Fsp3) is 1.00. The molecule has 0 aliphatic carbocycles. The number of ether oxygens (including phenoxy) is 4. The first-order chi connectivity index (χ1) is 9.57. The van der Waals surface area contributed by atoms with Gasteiger partial charge in [0.25, 0.3) is 0 Å². The van der Waals surface area contributed by atoms with Crippen LogP contribution in [-0.4, -0.2) is 56.1 Å². The van der Waals surface area contributed by atoms with Gasteiger partial charge in [-0.15, -0.1) is 0 Å². The van der Waals surface area contributed by atoms with Crippen LogP contribution in [0.25, 0.3) is 0 Å². The Morgan fingerprint density at radius 2 is 1.80 bits per heavy atom. The van der Waals surface area contributed by atoms with Crippen molar-refractivity contribution < 1.29 is 24.1 Å². The van der Waals surface area contributed by atoms with Gasteiger partial charge in [-0.2, -0.15) is 0 Å². The summed E-state index contributed by atoms with van der Waals surface area (Å²) in [6, 6.07) is 0. The lowest BCUT2D eigenvalue weighted by molar-refractivity contribution is -0.189.